The zero-order valence-electron chi connectivity index (χ0n) is 18.8. The van der Waals surface area contributed by atoms with Crippen molar-refractivity contribution in [1.29, 1.82) is 0 Å². The van der Waals surface area contributed by atoms with Gasteiger partial charge in [0.25, 0.3) is 11.8 Å². The summed E-state index contributed by atoms with van der Waals surface area (Å²) in [5, 5.41) is 5.85. The average Bonchev–Trinajstić information content (AvgIpc) is 3.49. The number of fused-ring (bicyclic) bond motifs is 2. The second kappa shape index (κ2) is 9.07. The van der Waals surface area contributed by atoms with E-state index in [1.165, 1.54) is 7.11 Å². The molecule has 2 aromatic heterocycles. The number of nitrogens with zero attached hydrogens (tertiary/aromatic N) is 2. The summed E-state index contributed by atoms with van der Waals surface area (Å²) < 4.78 is 12.7. The van der Waals surface area contributed by atoms with Crippen LogP contribution in [-0.4, -0.2) is 30.6 Å². The molecule has 0 aliphatic carbocycles. The van der Waals surface area contributed by atoms with Crippen LogP contribution in [0.4, 0.5) is 10.7 Å². The van der Waals surface area contributed by atoms with Gasteiger partial charge in [0.2, 0.25) is 0 Å². The van der Waals surface area contributed by atoms with Gasteiger partial charge in [-0.2, -0.15) is 0 Å². The maximum atomic E-state index is 13.5. The van der Waals surface area contributed by atoms with Crippen LogP contribution in [0.5, 0.6) is 11.5 Å². The van der Waals surface area contributed by atoms with E-state index in [0.29, 0.717) is 34.9 Å². The molecule has 0 spiro atoms. The molecule has 0 saturated carbocycles. The number of ether oxygens (including phenoxy) is 2. The molecule has 0 unspecified atom stereocenters. The molecule has 0 saturated heterocycles. The number of nitrogens with one attached hydrogen (secondary N) is 1. The third kappa shape index (κ3) is 4.04. The minimum atomic E-state index is -0.310. The Morgan fingerprint density at radius 1 is 0.971 bits per heavy atom. The van der Waals surface area contributed by atoms with Crippen molar-refractivity contribution in [2.45, 2.75) is 13.1 Å². The number of benzene rings is 2. The molecule has 172 valence electrons. The Bertz CT molecular complexity index is 1360. The number of carbonyl (C=O) groups excluding carboxylic acids is 2. The molecule has 1 aliphatic heterocycles. The van der Waals surface area contributed by atoms with Crippen molar-refractivity contribution in [3.8, 4) is 11.5 Å². The molecular weight excluding hydrogens is 450 g/mol. The van der Waals surface area contributed by atoms with Gasteiger partial charge in [-0.1, -0.05) is 0 Å². The van der Waals surface area contributed by atoms with E-state index in [4.69, 9.17) is 9.47 Å². The summed E-state index contributed by atoms with van der Waals surface area (Å²) in [5.41, 5.74) is 3.75. The summed E-state index contributed by atoms with van der Waals surface area (Å²) in [7, 11) is 3.06. The van der Waals surface area contributed by atoms with Gasteiger partial charge in [0, 0.05) is 34.8 Å². The molecule has 0 fully saturated rings. The molecule has 0 atom stereocenters. The number of rotatable bonds is 5. The molecule has 5 rings (SSSR count). The van der Waals surface area contributed by atoms with Gasteiger partial charge in [-0.3, -0.25) is 14.5 Å². The van der Waals surface area contributed by atoms with Crippen molar-refractivity contribution in [2.75, 3.05) is 24.4 Å². The molecule has 4 aromatic rings. The Morgan fingerprint density at radius 2 is 1.79 bits per heavy atom. The highest BCUT2D eigenvalue weighted by Crippen LogP contribution is 2.34. The zero-order valence-corrected chi connectivity index (χ0v) is 19.6. The standard InChI is InChI=1S/C26H23N3O4S/c1-32-21-9-10-22(23(14-21)33-2)24(30)27-19-7-5-17(6-8-19)25(31)29-16-20-4-3-12-28(20)15-18-11-13-34-26(18)29/h3-14H,15-16H2,1-2H3,(H,27,30). The number of hydrogen-bond donors (Lipinski definition) is 1. The first kappa shape index (κ1) is 21.8. The van der Waals surface area contributed by atoms with Crippen LogP contribution in [0.2, 0.25) is 0 Å². The number of methoxy groups -OCH3 is 2. The highest BCUT2D eigenvalue weighted by molar-refractivity contribution is 7.14. The van der Waals surface area contributed by atoms with Crippen molar-refractivity contribution >= 4 is 33.8 Å². The lowest BCUT2D eigenvalue weighted by atomic mass is 10.1. The molecular formula is C26H23N3O4S. The Labute approximate surface area is 201 Å². The number of thiophene rings is 1. The molecule has 0 bridgehead atoms. The van der Waals surface area contributed by atoms with Crippen LogP contribution in [0.1, 0.15) is 32.0 Å². The van der Waals surface area contributed by atoms with E-state index < -0.39 is 0 Å². The maximum Gasteiger partial charge on any atom is 0.259 e. The molecule has 3 heterocycles. The van der Waals surface area contributed by atoms with E-state index in [9.17, 15) is 9.59 Å². The molecule has 34 heavy (non-hydrogen) atoms. The van der Waals surface area contributed by atoms with Gasteiger partial charge < -0.3 is 19.4 Å². The van der Waals surface area contributed by atoms with Gasteiger partial charge in [0.1, 0.15) is 16.5 Å². The summed E-state index contributed by atoms with van der Waals surface area (Å²) >= 11 is 1.57. The minimum absolute atomic E-state index is 0.0759. The van der Waals surface area contributed by atoms with Gasteiger partial charge in [-0.25, -0.2) is 0 Å². The second-order valence-corrected chi connectivity index (χ2v) is 8.76. The van der Waals surface area contributed by atoms with Crippen molar-refractivity contribution < 1.29 is 19.1 Å². The lowest BCUT2D eigenvalue weighted by Crippen LogP contribution is -2.29. The van der Waals surface area contributed by atoms with Gasteiger partial charge in [-0.05, 0) is 60.0 Å². The van der Waals surface area contributed by atoms with Crippen LogP contribution in [-0.2, 0) is 13.1 Å². The van der Waals surface area contributed by atoms with E-state index in [-0.39, 0.29) is 11.8 Å². The third-order valence-corrected chi connectivity index (χ3v) is 6.82. The smallest absolute Gasteiger partial charge is 0.259 e. The van der Waals surface area contributed by atoms with E-state index >= 15 is 0 Å². The van der Waals surface area contributed by atoms with Crippen LogP contribution < -0.4 is 19.7 Å². The summed E-state index contributed by atoms with van der Waals surface area (Å²) in [6.45, 7) is 1.26. The average molecular weight is 474 g/mol. The number of anilines is 2. The zero-order chi connectivity index (χ0) is 23.7. The van der Waals surface area contributed by atoms with Crippen molar-refractivity contribution in [2.24, 2.45) is 0 Å². The molecule has 1 N–H and O–H groups in total. The van der Waals surface area contributed by atoms with E-state index in [1.807, 2.05) is 28.6 Å². The molecule has 7 nitrogen and oxygen atoms in total. The summed E-state index contributed by atoms with van der Waals surface area (Å²) in [5.74, 6) is 0.635. The van der Waals surface area contributed by atoms with E-state index in [0.717, 1.165) is 22.8 Å². The van der Waals surface area contributed by atoms with Crippen LogP contribution in [0.15, 0.2) is 72.2 Å². The lowest BCUT2D eigenvalue weighted by Gasteiger charge is -2.20. The Hall–Kier alpha value is -4.04. The fourth-order valence-corrected chi connectivity index (χ4v) is 4.97. The molecule has 2 amide bonds. The number of aromatic nitrogens is 1. The number of carbonyl (C=O) groups is 2. The highest BCUT2D eigenvalue weighted by atomic mass is 32.1. The number of hydrogen-bond acceptors (Lipinski definition) is 5. The van der Waals surface area contributed by atoms with Crippen LogP contribution in [0.25, 0.3) is 0 Å². The minimum Gasteiger partial charge on any atom is -0.497 e. The largest absolute Gasteiger partial charge is 0.497 e. The van der Waals surface area contributed by atoms with Crippen molar-refractivity contribution in [3.63, 3.8) is 0 Å². The maximum absolute atomic E-state index is 13.5. The Balaban J connectivity index is 1.35. The summed E-state index contributed by atoms with van der Waals surface area (Å²) in [6, 6.07) is 18.1. The van der Waals surface area contributed by atoms with Crippen molar-refractivity contribution in [1.82, 2.24) is 4.57 Å². The summed E-state index contributed by atoms with van der Waals surface area (Å²) in [6.07, 6.45) is 2.04. The fourth-order valence-electron chi connectivity index (χ4n) is 4.05. The predicted molar refractivity (Wildman–Crippen MR) is 132 cm³/mol. The third-order valence-electron chi connectivity index (χ3n) is 5.84. The quantitative estimate of drug-likeness (QED) is 0.441. The first-order valence-electron chi connectivity index (χ1n) is 10.7. The van der Waals surface area contributed by atoms with Gasteiger partial charge in [0.05, 0.1) is 32.9 Å². The van der Waals surface area contributed by atoms with Crippen molar-refractivity contribution in [3.05, 3.63) is 94.6 Å². The SMILES string of the molecule is COc1ccc(C(=O)Nc2ccc(C(=O)N3Cc4cccn4Cc4ccsc43)cc2)c(OC)c1. The molecule has 8 heteroatoms. The van der Waals surface area contributed by atoms with Crippen LogP contribution in [0.3, 0.4) is 0 Å². The van der Waals surface area contributed by atoms with Gasteiger partial charge in [0.15, 0.2) is 0 Å². The number of amides is 2. The van der Waals surface area contributed by atoms with Gasteiger partial charge in [-0.15, -0.1) is 11.3 Å². The predicted octanol–water partition coefficient (Wildman–Crippen LogP) is 5.03. The first-order valence-corrected chi connectivity index (χ1v) is 11.6. The highest BCUT2D eigenvalue weighted by Gasteiger charge is 2.26. The molecule has 1 aliphatic rings. The topological polar surface area (TPSA) is 72.8 Å². The summed E-state index contributed by atoms with van der Waals surface area (Å²) in [4.78, 5) is 28.1. The normalized spacial score (nSPS) is 12.4. The van der Waals surface area contributed by atoms with Gasteiger partial charge >= 0.3 is 0 Å². The molecule has 0 radical (unpaired) electrons. The lowest BCUT2D eigenvalue weighted by molar-refractivity contribution is 0.0984. The Kier molecular flexibility index (Phi) is 5.81. The van der Waals surface area contributed by atoms with E-state index in [1.54, 1.807) is 60.9 Å². The Morgan fingerprint density at radius 3 is 2.56 bits per heavy atom. The molecule has 2 aromatic carbocycles. The fraction of sp³-hybridized carbons (Fsp3) is 0.154. The van der Waals surface area contributed by atoms with Crippen LogP contribution in [0, 0.1) is 0 Å². The first-order chi connectivity index (χ1) is 16.6. The van der Waals surface area contributed by atoms with E-state index in [2.05, 4.69) is 16.0 Å². The monoisotopic (exact) mass is 473 g/mol. The van der Waals surface area contributed by atoms with Crippen LogP contribution >= 0.6 is 11.3 Å². The second-order valence-electron chi connectivity index (χ2n) is 7.87.